The van der Waals surface area contributed by atoms with Gasteiger partial charge in [-0.15, -0.1) is 11.3 Å². The second-order valence-electron chi connectivity index (χ2n) is 5.74. The van der Waals surface area contributed by atoms with Gasteiger partial charge in [-0.1, -0.05) is 41.0 Å². The van der Waals surface area contributed by atoms with Crippen molar-refractivity contribution >= 4 is 11.3 Å². The molecule has 1 heterocycles. The fourth-order valence-corrected chi connectivity index (χ4v) is 3.01. The first kappa shape index (κ1) is 16.7. The van der Waals surface area contributed by atoms with Crippen molar-refractivity contribution in [3.8, 4) is 0 Å². The van der Waals surface area contributed by atoms with E-state index in [2.05, 4.69) is 57.0 Å². The summed E-state index contributed by atoms with van der Waals surface area (Å²) in [5.41, 5.74) is 0. The summed E-state index contributed by atoms with van der Waals surface area (Å²) in [4.78, 5) is 5.49. The van der Waals surface area contributed by atoms with E-state index in [-0.39, 0.29) is 0 Å². The van der Waals surface area contributed by atoms with Crippen LogP contribution in [0.25, 0.3) is 0 Å². The van der Waals surface area contributed by atoms with Gasteiger partial charge in [0.15, 0.2) is 0 Å². The Morgan fingerprint density at radius 3 is 2.42 bits per heavy atom. The standard InChI is InChI=1S/C16H30N2S/c1-6-14(5)11-18(7-2)12-16-9-8-15(19-16)10-17-13(3)4/h8-9,13-14,17H,6-7,10-12H2,1-5H3. The Labute approximate surface area is 123 Å². The third kappa shape index (κ3) is 6.55. The molecular formula is C16H30N2S. The third-order valence-electron chi connectivity index (χ3n) is 3.50. The van der Waals surface area contributed by atoms with Gasteiger partial charge in [-0.05, 0) is 24.6 Å². The van der Waals surface area contributed by atoms with Gasteiger partial charge in [-0.3, -0.25) is 4.90 Å². The van der Waals surface area contributed by atoms with Crippen molar-refractivity contribution in [3.05, 3.63) is 21.9 Å². The highest BCUT2D eigenvalue weighted by molar-refractivity contribution is 7.11. The lowest BCUT2D eigenvalue weighted by Gasteiger charge is -2.23. The molecule has 19 heavy (non-hydrogen) atoms. The Morgan fingerprint density at radius 1 is 1.16 bits per heavy atom. The lowest BCUT2D eigenvalue weighted by Crippen LogP contribution is -2.27. The van der Waals surface area contributed by atoms with E-state index in [4.69, 9.17) is 0 Å². The maximum Gasteiger partial charge on any atom is 0.0328 e. The van der Waals surface area contributed by atoms with Crippen molar-refractivity contribution < 1.29 is 0 Å². The molecule has 0 spiro atoms. The summed E-state index contributed by atoms with van der Waals surface area (Å²) in [5.74, 6) is 0.794. The summed E-state index contributed by atoms with van der Waals surface area (Å²) >= 11 is 1.95. The van der Waals surface area contributed by atoms with E-state index in [9.17, 15) is 0 Å². The smallest absolute Gasteiger partial charge is 0.0328 e. The van der Waals surface area contributed by atoms with Crippen molar-refractivity contribution in [3.63, 3.8) is 0 Å². The average molecular weight is 282 g/mol. The maximum absolute atomic E-state index is 3.48. The van der Waals surface area contributed by atoms with E-state index < -0.39 is 0 Å². The molecule has 1 N–H and O–H groups in total. The van der Waals surface area contributed by atoms with Gasteiger partial charge < -0.3 is 5.32 Å². The second kappa shape index (κ2) is 8.72. The van der Waals surface area contributed by atoms with Crippen molar-refractivity contribution in [2.75, 3.05) is 13.1 Å². The molecule has 0 aromatic carbocycles. The van der Waals surface area contributed by atoms with Gasteiger partial charge in [-0.2, -0.15) is 0 Å². The number of nitrogens with zero attached hydrogens (tertiary/aromatic N) is 1. The summed E-state index contributed by atoms with van der Waals surface area (Å²) in [6.45, 7) is 15.7. The number of rotatable bonds is 9. The molecule has 0 amide bonds. The maximum atomic E-state index is 3.48. The van der Waals surface area contributed by atoms with E-state index in [0.29, 0.717) is 6.04 Å². The predicted octanol–water partition coefficient (Wildman–Crippen LogP) is 4.11. The Kier molecular flexibility index (Phi) is 7.66. The van der Waals surface area contributed by atoms with E-state index >= 15 is 0 Å². The van der Waals surface area contributed by atoms with Crippen molar-refractivity contribution in [1.82, 2.24) is 10.2 Å². The van der Waals surface area contributed by atoms with Gasteiger partial charge in [0, 0.05) is 35.4 Å². The molecule has 0 bridgehead atoms. The molecule has 0 aliphatic carbocycles. The van der Waals surface area contributed by atoms with Gasteiger partial charge in [-0.25, -0.2) is 0 Å². The second-order valence-corrected chi connectivity index (χ2v) is 7.00. The van der Waals surface area contributed by atoms with E-state index in [1.54, 1.807) is 0 Å². The molecule has 1 aromatic heterocycles. The van der Waals surface area contributed by atoms with Gasteiger partial charge in [0.2, 0.25) is 0 Å². The van der Waals surface area contributed by atoms with E-state index in [1.165, 1.54) is 22.7 Å². The van der Waals surface area contributed by atoms with Gasteiger partial charge in [0.25, 0.3) is 0 Å². The lowest BCUT2D eigenvalue weighted by atomic mass is 10.1. The number of hydrogen-bond donors (Lipinski definition) is 1. The molecule has 110 valence electrons. The number of hydrogen-bond acceptors (Lipinski definition) is 3. The SMILES string of the molecule is CCC(C)CN(CC)Cc1ccc(CNC(C)C)s1. The minimum Gasteiger partial charge on any atom is -0.310 e. The van der Waals surface area contributed by atoms with Crippen LogP contribution in [-0.2, 0) is 13.1 Å². The van der Waals surface area contributed by atoms with Crippen LogP contribution < -0.4 is 5.32 Å². The van der Waals surface area contributed by atoms with Crippen LogP contribution in [0.4, 0.5) is 0 Å². The Bertz CT molecular complexity index is 346. The molecule has 1 atom stereocenters. The Balaban J connectivity index is 2.46. The molecule has 3 heteroatoms. The number of nitrogens with one attached hydrogen (secondary N) is 1. The molecule has 0 radical (unpaired) electrons. The Morgan fingerprint density at radius 2 is 1.84 bits per heavy atom. The topological polar surface area (TPSA) is 15.3 Å². The zero-order valence-corrected chi connectivity index (χ0v) is 14.0. The van der Waals surface area contributed by atoms with Crippen LogP contribution in [0.1, 0.15) is 50.8 Å². The largest absolute Gasteiger partial charge is 0.310 e. The summed E-state index contributed by atoms with van der Waals surface area (Å²) < 4.78 is 0. The van der Waals surface area contributed by atoms with Crippen LogP contribution in [0.2, 0.25) is 0 Å². The summed E-state index contributed by atoms with van der Waals surface area (Å²) in [7, 11) is 0. The number of thiophene rings is 1. The van der Waals surface area contributed by atoms with Crippen LogP contribution in [0.5, 0.6) is 0 Å². The van der Waals surface area contributed by atoms with Crippen LogP contribution in [0.3, 0.4) is 0 Å². The van der Waals surface area contributed by atoms with Crippen molar-refractivity contribution in [1.29, 1.82) is 0 Å². The van der Waals surface area contributed by atoms with Gasteiger partial charge >= 0.3 is 0 Å². The van der Waals surface area contributed by atoms with Crippen molar-refractivity contribution in [2.24, 2.45) is 5.92 Å². The van der Waals surface area contributed by atoms with Crippen molar-refractivity contribution in [2.45, 2.75) is 60.2 Å². The lowest BCUT2D eigenvalue weighted by molar-refractivity contribution is 0.240. The fraction of sp³-hybridized carbons (Fsp3) is 0.750. The van der Waals surface area contributed by atoms with E-state index in [0.717, 1.165) is 25.6 Å². The zero-order valence-electron chi connectivity index (χ0n) is 13.2. The first-order chi connectivity index (χ1) is 9.05. The third-order valence-corrected chi connectivity index (χ3v) is 4.57. The molecule has 0 fully saturated rings. The van der Waals surface area contributed by atoms with Crippen LogP contribution in [0.15, 0.2) is 12.1 Å². The quantitative estimate of drug-likeness (QED) is 0.733. The van der Waals surface area contributed by atoms with Crippen LogP contribution in [-0.4, -0.2) is 24.0 Å². The molecule has 0 aliphatic rings. The first-order valence-electron chi connectivity index (χ1n) is 7.58. The van der Waals surface area contributed by atoms with Gasteiger partial charge in [0.05, 0.1) is 0 Å². The molecule has 0 aliphatic heterocycles. The normalized spacial score (nSPS) is 13.4. The summed E-state index contributed by atoms with van der Waals surface area (Å²) in [5, 5.41) is 3.48. The van der Waals surface area contributed by atoms with Crippen LogP contribution in [0, 0.1) is 5.92 Å². The molecule has 1 unspecified atom stereocenters. The average Bonchev–Trinajstić information content (AvgIpc) is 2.83. The highest BCUT2D eigenvalue weighted by Crippen LogP contribution is 2.19. The van der Waals surface area contributed by atoms with Gasteiger partial charge in [0.1, 0.15) is 0 Å². The molecular weight excluding hydrogens is 252 g/mol. The monoisotopic (exact) mass is 282 g/mol. The van der Waals surface area contributed by atoms with E-state index in [1.807, 2.05) is 11.3 Å². The highest BCUT2D eigenvalue weighted by atomic mass is 32.1. The Hall–Kier alpha value is -0.380. The molecule has 0 saturated carbocycles. The van der Waals surface area contributed by atoms with Crippen LogP contribution >= 0.6 is 11.3 Å². The summed E-state index contributed by atoms with van der Waals surface area (Å²) in [6.07, 6.45) is 1.27. The molecule has 2 nitrogen and oxygen atoms in total. The molecule has 1 aromatic rings. The minimum atomic E-state index is 0.558. The first-order valence-corrected chi connectivity index (χ1v) is 8.40. The zero-order chi connectivity index (χ0) is 14.3. The fourth-order valence-electron chi connectivity index (χ4n) is 2.00. The summed E-state index contributed by atoms with van der Waals surface area (Å²) in [6, 6.07) is 5.12. The highest BCUT2D eigenvalue weighted by Gasteiger charge is 2.09. The molecule has 1 rings (SSSR count). The minimum absolute atomic E-state index is 0.558. The molecule has 0 saturated heterocycles. The predicted molar refractivity (Wildman–Crippen MR) is 86.7 cm³/mol.